The van der Waals surface area contributed by atoms with E-state index in [2.05, 4.69) is 21.9 Å². The lowest BCUT2D eigenvalue weighted by molar-refractivity contribution is 0.970. The third kappa shape index (κ3) is 1.99. The Kier molecular flexibility index (Phi) is 2.58. The highest BCUT2D eigenvalue weighted by Gasteiger charge is 1.99. The summed E-state index contributed by atoms with van der Waals surface area (Å²) in [6.07, 6.45) is 7.38. The third-order valence-corrected chi connectivity index (χ3v) is 2.16. The van der Waals surface area contributed by atoms with E-state index in [1.807, 2.05) is 30.7 Å². The van der Waals surface area contributed by atoms with E-state index < -0.39 is 0 Å². The van der Waals surface area contributed by atoms with Gasteiger partial charge in [0.2, 0.25) is 0 Å². The summed E-state index contributed by atoms with van der Waals surface area (Å²) in [5.74, 6) is 1.05. The van der Waals surface area contributed by atoms with Gasteiger partial charge in [-0.2, -0.15) is 0 Å². The molecule has 72 valence electrons. The Morgan fingerprint density at radius 2 is 2.07 bits per heavy atom. The molecule has 0 amide bonds. The smallest absolute Gasteiger partial charge is 0.105 e. The Labute approximate surface area is 83.2 Å². The standard InChI is InChI=1S/C11H13N3/c1-2-11-13-8-10(14-11)7-9-3-5-12-6-4-9/h3-6,8H,2,7H2,1H3,(H,13,14). The minimum atomic E-state index is 0.898. The van der Waals surface area contributed by atoms with Crippen LogP contribution in [0.4, 0.5) is 0 Å². The second-order valence-electron chi connectivity index (χ2n) is 3.24. The first-order valence-corrected chi connectivity index (χ1v) is 4.80. The maximum absolute atomic E-state index is 4.26. The van der Waals surface area contributed by atoms with Crippen LogP contribution < -0.4 is 0 Å². The van der Waals surface area contributed by atoms with E-state index in [1.165, 1.54) is 5.56 Å². The summed E-state index contributed by atoms with van der Waals surface area (Å²) in [5.41, 5.74) is 2.42. The van der Waals surface area contributed by atoms with Crippen LogP contribution in [0.3, 0.4) is 0 Å². The van der Waals surface area contributed by atoms with Gasteiger partial charge in [0.05, 0.1) is 0 Å². The van der Waals surface area contributed by atoms with E-state index in [1.54, 1.807) is 0 Å². The van der Waals surface area contributed by atoms with Crippen molar-refractivity contribution < 1.29 is 0 Å². The van der Waals surface area contributed by atoms with Crippen molar-refractivity contribution >= 4 is 0 Å². The van der Waals surface area contributed by atoms with Gasteiger partial charge >= 0.3 is 0 Å². The Morgan fingerprint density at radius 3 is 2.71 bits per heavy atom. The summed E-state index contributed by atoms with van der Waals surface area (Å²) in [7, 11) is 0. The number of nitrogens with one attached hydrogen (secondary N) is 1. The number of imidazole rings is 1. The normalized spacial score (nSPS) is 10.4. The van der Waals surface area contributed by atoms with Crippen molar-refractivity contribution in [3.8, 4) is 0 Å². The van der Waals surface area contributed by atoms with E-state index in [9.17, 15) is 0 Å². The zero-order valence-electron chi connectivity index (χ0n) is 8.20. The van der Waals surface area contributed by atoms with Gasteiger partial charge in [-0.25, -0.2) is 4.98 Å². The van der Waals surface area contributed by atoms with Crippen LogP contribution in [0.15, 0.2) is 30.7 Å². The molecule has 3 nitrogen and oxygen atoms in total. The molecule has 0 unspecified atom stereocenters. The SMILES string of the molecule is CCc1ncc(Cc2ccncc2)[nH]1. The summed E-state index contributed by atoms with van der Waals surface area (Å²) < 4.78 is 0. The molecule has 2 aromatic rings. The molecule has 0 aliphatic heterocycles. The molecule has 0 saturated carbocycles. The molecule has 2 aromatic heterocycles. The number of aromatic amines is 1. The molecule has 0 aromatic carbocycles. The number of H-pyrrole nitrogens is 1. The van der Waals surface area contributed by atoms with Gasteiger partial charge in [0.15, 0.2) is 0 Å². The molecular formula is C11H13N3. The lowest BCUT2D eigenvalue weighted by Gasteiger charge is -1.96. The fourth-order valence-electron chi connectivity index (χ4n) is 1.40. The molecule has 0 spiro atoms. The Bertz CT molecular complexity index is 392. The molecule has 3 heteroatoms. The van der Waals surface area contributed by atoms with Crippen LogP contribution in [-0.2, 0) is 12.8 Å². The van der Waals surface area contributed by atoms with Crippen molar-refractivity contribution in [3.63, 3.8) is 0 Å². The van der Waals surface area contributed by atoms with Crippen molar-refractivity contribution in [2.75, 3.05) is 0 Å². The fourth-order valence-corrected chi connectivity index (χ4v) is 1.40. The highest BCUT2D eigenvalue weighted by molar-refractivity contribution is 5.18. The topological polar surface area (TPSA) is 41.6 Å². The minimum absolute atomic E-state index is 0.898. The second kappa shape index (κ2) is 4.05. The predicted octanol–water partition coefficient (Wildman–Crippen LogP) is 1.96. The zero-order valence-corrected chi connectivity index (χ0v) is 8.20. The number of aryl methyl sites for hydroxylation is 1. The molecule has 0 aliphatic carbocycles. The summed E-state index contributed by atoms with van der Waals surface area (Å²) in [4.78, 5) is 11.5. The summed E-state index contributed by atoms with van der Waals surface area (Å²) in [6, 6.07) is 4.04. The largest absolute Gasteiger partial charge is 0.346 e. The molecule has 2 heterocycles. The van der Waals surface area contributed by atoms with Crippen LogP contribution in [0.25, 0.3) is 0 Å². The van der Waals surface area contributed by atoms with Gasteiger partial charge in [-0.3, -0.25) is 4.98 Å². The van der Waals surface area contributed by atoms with Crippen molar-refractivity contribution in [1.82, 2.24) is 15.0 Å². The van der Waals surface area contributed by atoms with Gasteiger partial charge in [-0.15, -0.1) is 0 Å². The van der Waals surface area contributed by atoms with Crippen LogP contribution >= 0.6 is 0 Å². The molecule has 2 rings (SSSR count). The predicted molar refractivity (Wildman–Crippen MR) is 55.0 cm³/mol. The number of aromatic nitrogens is 3. The summed E-state index contributed by atoms with van der Waals surface area (Å²) >= 11 is 0. The van der Waals surface area contributed by atoms with Crippen LogP contribution in [0, 0.1) is 0 Å². The van der Waals surface area contributed by atoms with E-state index in [0.717, 1.165) is 24.4 Å². The highest BCUT2D eigenvalue weighted by atomic mass is 14.9. The third-order valence-electron chi connectivity index (χ3n) is 2.16. The van der Waals surface area contributed by atoms with Gasteiger partial charge < -0.3 is 4.98 Å². The van der Waals surface area contributed by atoms with E-state index in [0.29, 0.717) is 0 Å². The molecule has 0 saturated heterocycles. The lowest BCUT2D eigenvalue weighted by Crippen LogP contribution is -1.89. The molecule has 0 bridgehead atoms. The van der Waals surface area contributed by atoms with Crippen LogP contribution in [0.1, 0.15) is 24.0 Å². The van der Waals surface area contributed by atoms with Crippen LogP contribution in [0.2, 0.25) is 0 Å². The maximum atomic E-state index is 4.26. The monoisotopic (exact) mass is 187 g/mol. The van der Waals surface area contributed by atoms with Crippen molar-refractivity contribution in [2.24, 2.45) is 0 Å². The number of nitrogens with zero attached hydrogens (tertiary/aromatic N) is 2. The Hall–Kier alpha value is -1.64. The van der Waals surface area contributed by atoms with E-state index in [-0.39, 0.29) is 0 Å². The first-order chi connectivity index (χ1) is 6.88. The number of hydrogen-bond acceptors (Lipinski definition) is 2. The average molecular weight is 187 g/mol. The van der Waals surface area contributed by atoms with Gasteiger partial charge in [0, 0.05) is 37.1 Å². The number of hydrogen-bond donors (Lipinski definition) is 1. The van der Waals surface area contributed by atoms with Crippen molar-refractivity contribution in [1.29, 1.82) is 0 Å². The minimum Gasteiger partial charge on any atom is -0.346 e. The zero-order chi connectivity index (χ0) is 9.80. The van der Waals surface area contributed by atoms with Gasteiger partial charge in [-0.1, -0.05) is 6.92 Å². The Balaban J connectivity index is 2.11. The maximum Gasteiger partial charge on any atom is 0.105 e. The van der Waals surface area contributed by atoms with Gasteiger partial charge in [0.1, 0.15) is 5.82 Å². The molecule has 0 radical (unpaired) electrons. The molecule has 1 N–H and O–H groups in total. The molecule has 0 atom stereocenters. The van der Waals surface area contributed by atoms with Crippen LogP contribution in [-0.4, -0.2) is 15.0 Å². The van der Waals surface area contributed by atoms with Gasteiger partial charge in [-0.05, 0) is 17.7 Å². The summed E-state index contributed by atoms with van der Waals surface area (Å²) in [5, 5.41) is 0. The number of rotatable bonds is 3. The van der Waals surface area contributed by atoms with Crippen LogP contribution in [0.5, 0.6) is 0 Å². The first kappa shape index (κ1) is 8.94. The van der Waals surface area contributed by atoms with Crippen molar-refractivity contribution in [2.45, 2.75) is 19.8 Å². The molecular weight excluding hydrogens is 174 g/mol. The van der Waals surface area contributed by atoms with E-state index in [4.69, 9.17) is 0 Å². The lowest BCUT2D eigenvalue weighted by atomic mass is 10.2. The molecule has 14 heavy (non-hydrogen) atoms. The fraction of sp³-hybridized carbons (Fsp3) is 0.273. The molecule has 0 fully saturated rings. The second-order valence-corrected chi connectivity index (χ2v) is 3.24. The average Bonchev–Trinajstić information content (AvgIpc) is 2.67. The first-order valence-electron chi connectivity index (χ1n) is 4.80. The van der Waals surface area contributed by atoms with Crippen molar-refractivity contribution in [3.05, 3.63) is 47.8 Å². The Morgan fingerprint density at radius 1 is 1.29 bits per heavy atom. The quantitative estimate of drug-likeness (QED) is 0.798. The molecule has 0 aliphatic rings. The summed E-state index contributed by atoms with van der Waals surface area (Å²) in [6.45, 7) is 2.09. The number of pyridine rings is 1. The highest BCUT2D eigenvalue weighted by Crippen LogP contribution is 2.06. The van der Waals surface area contributed by atoms with E-state index >= 15 is 0 Å². The van der Waals surface area contributed by atoms with Gasteiger partial charge in [0.25, 0.3) is 0 Å².